The van der Waals surface area contributed by atoms with Gasteiger partial charge in [-0.2, -0.15) is 0 Å². The fourth-order valence-electron chi connectivity index (χ4n) is 0.736. The van der Waals surface area contributed by atoms with Crippen LogP contribution in [-0.4, -0.2) is 29.9 Å². The van der Waals surface area contributed by atoms with Crippen molar-refractivity contribution in [2.45, 2.75) is 4.83 Å². The second-order valence-electron chi connectivity index (χ2n) is 2.10. The molecule has 1 unspecified atom stereocenters. The van der Waals surface area contributed by atoms with Gasteiger partial charge in [-0.25, -0.2) is 4.79 Å². The molecule has 0 amide bonds. The van der Waals surface area contributed by atoms with Crippen molar-refractivity contribution in [2.24, 2.45) is 4.99 Å². The van der Waals surface area contributed by atoms with Gasteiger partial charge in [0.1, 0.15) is 10.4 Å². The minimum absolute atomic E-state index is 0.0260. The molecule has 4 nitrogen and oxygen atoms in total. The molecule has 0 bridgehead atoms. The predicted octanol–water partition coefficient (Wildman–Crippen LogP) is 0.460. The molecule has 0 aromatic carbocycles. The van der Waals surface area contributed by atoms with Gasteiger partial charge in [0.15, 0.2) is 5.78 Å². The number of aliphatic imine (C=N–C) groups is 1. The van der Waals surface area contributed by atoms with Gasteiger partial charge in [-0.3, -0.25) is 9.79 Å². The van der Waals surface area contributed by atoms with E-state index in [0.717, 1.165) is 0 Å². The van der Waals surface area contributed by atoms with E-state index in [9.17, 15) is 9.59 Å². The lowest BCUT2D eigenvalue weighted by molar-refractivity contribution is -0.137. The van der Waals surface area contributed by atoms with Gasteiger partial charge in [-0.05, 0) is 0 Å². The third-order valence-electron chi connectivity index (χ3n) is 1.34. The largest absolute Gasteiger partial charge is 0.465 e. The Kier molecular flexibility index (Phi) is 2.75. The molecule has 1 atom stereocenters. The Morgan fingerprint density at radius 3 is 3.00 bits per heavy atom. The van der Waals surface area contributed by atoms with Gasteiger partial charge < -0.3 is 4.74 Å². The van der Waals surface area contributed by atoms with Crippen LogP contribution < -0.4 is 0 Å². The number of carbonyl (C=O) groups excluding carboxylic acids is 2. The number of carbonyl (C=O) groups is 2. The minimum Gasteiger partial charge on any atom is -0.465 e. The number of ketones is 1. The zero-order valence-corrected chi connectivity index (χ0v) is 7.87. The van der Waals surface area contributed by atoms with Crippen molar-refractivity contribution in [1.82, 2.24) is 0 Å². The van der Waals surface area contributed by atoms with Gasteiger partial charge >= 0.3 is 5.97 Å². The second kappa shape index (κ2) is 3.62. The van der Waals surface area contributed by atoms with Gasteiger partial charge in [0.25, 0.3) is 0 Å². The number of ether oxygens (including phenoxy) is 1. The average molecular weight is 232 g/mol. The number of halogens is 1. The van der Waals surface area contributed by atoms with E-state index in [-0.39, 0.29) is 11.4 Å². The van der Waals surface area contributed by atoms with Gasteiger partial charge in [0.05, 0.1) is 7.11 Å². The lowest BCUT2D eigenvalue weighted by atomic mass is 10.1. The van der Waals surface area contributed by atoms with E-state index in [2.05, 4.69) is 25.7 Å². The molecule has 1 rings (SSSR count). The van der Waals surface area contributed by atoms with Crippen LogP contribution in [0.4, 0.5) is 0 Å². The van der Waals surface area contributed by atoms with Gasteiger partial charge in [-0.15, -0.1) is 0 Å². The number of nitrogens with zero attached hydrogens (tertiary/aromatic N) is 1. The molecule has 0 N–H and O–H groups in total. The first-order chi connectivity index (χ1) is 5.66. The lowest BCUT2D eigenvalue weighted by Gasteiger charge is -2.08. The van der Waals surface area contributed by atoms with E-state index in [1.54, 1.807) is 0 Å². The minimum atomic E-state index is -0.652. The van der Waals surface area contributed by atoms with Gasteiger partial charge in [0.2, 0.25) is 0 Å². The van der Waals surface area contributed by atoms with Crippen molar-refractivity contribution in [1.29, 1.82) is 0 Å². The van der Waals surface area contributed by atoms with Crippen molar-refractivity contribution in [3.63, 3.8) is 0 Å². The topological polar surface area (TPSA) is 55.7 Å². The van der Waals surface area contributed by atoms with E-state index in [0.29, 0.717) is 0 Å². The molecule has 64 valence electrons. The summed E-state index contributed by atoms with van der Waals surface area (Å²) in [6.07, 6.45) is 2.61. The number of hydrogen-bond acceptors (Lipinski definition) is 4. The van der Waals surface area contributed by atoms with Crippen molar-refractivity contribution in [3.8, 4) is 0 Å². The van der Waals surface area contributed by atoms with Crippen LogP contribution in [0, 0.1) is 0 Å². The van der Waals surface area contributed by atoms with Crippen molar-refractivity contribution < 1.29 is 14.3 Å². The molecule has 0 spiro atoms. The summed E-state index contributed by atoms with van der Waals surface area (Å²) < 4.78 is 4.39. The molecule has 1 heterocycles. The van der Waals surface area contributed by atoms with E-state index in [4.69, 9.17) is 0 Å². The van der Waals surface area contributed by atoms with Crippen molar-refractivity contribution in [2.75, 3.05) is 7.11 Å². The van der Waals surface area contributed by atoms with Crippen LogP contribution in [0.1, 0.15) is 0 Å². The number of methoxy groups -OCH3 is 1. The Bertz CT molecular complexity index is 282. The first-order valence-corrected chi connectivity index (χ1v) is 4.08. The van der Waals surface area contributed by atoms with Crippen LogP contribution >= 0.6 is 15.9 Å². The normalized spacial score (nSPS) is 22.0. The summed E-state index contributed by atoms with van der Waals surface area (Å²) in [4.78, 5) is 25.3. The molecule has 0 aromatic rings. The smallest absolute Gasteiger partial charge is 0.343 e. The van der Waals surface area contributed by atoms with Crippen LogP contribution in [0.25, 0.3) is 0 Å². The Balaban J connectivity index is 2.90. The highest BCUT2D eigenvalue weighted by atomic mass is 79.9. The molecule has 0 radical (unpaired) electrons. The standard InChI is InChI=1S/C7H6BrNO3/c1-12-7(11)4-2-9-3-5(8)6(4)10/h2-3,5H,1H3. The predicted molar refractivity (Wildman–Crippen MR) is 46.3 cm³/mol. The maximum absolute atomic E-state index is 11.2. The number of alkyl halides is 1. The third-order valence-corrected chi connectivity index (χ3v) is 1.99. The summed E-state index contributed by atoms with van der Waals surface area (Å²) in [5.74, 6) is -0.974. The Morgan fingerprint density at radius 1 is 1.75 bits per heavy atom. The monoisotopic (exact) mass is 231 g/mol. The zero-order valence-electron chi connectivity index (χ0n) is 6.28. The SMILES string of the molecule is COC(=O)C1=CN=CC(Br)C1=O. The highest BCUT2D eigenvalue weighted by Crippen LogP contribution is 2.12. The highest BCUT2D eigenvalue weighted by molar-refractivity contribution is 9.10. The quantitative estimate of drug-likeness (QED) is 0.375. The zero-order chi connectivity index (χ0) is 9.14. The van der Waals surface area contributed by atoms with E-state index >= 15 is 0 Å². The number of rotatable bonds is 1. The summed E-state index contributed by atoms with van der Waals surface area (Å²) in [5.41, 5.74) is -0.0260. The maximum atomic E-state index is 11.2. The van der Waals surface area contributed by atoms with Crippen LogP contribution in [0.2, 0.25) is 0 Å². The molecule has 0 aliphatic carbocycles. The Hall–Kier alpha value is -0.970. The first-order valence-electron chi connectivity index (χ1n) is 3.17. The molecule has 5 heteroatoms. The first kappa shape index (κ1) is 9.12. The third kappa shape index (κ3) is 1.61. The summed E-state index contributed by atoms with van der Waals surface area (Å²) in [5, 5.41) is 0. The van der Waals surface area contributed by atoms with Gasteiger partial charge in [-0.1, -0.05) is 15.9 Å². The molecular formula is C7H6BrNO3. The molecule has 1 aliphatic rings. The molecule has 0 aromatic heterocycles. The molecule has 0 saturated heterocycles. The summed E-state index contributed by atoms with van der Waals surface area (Å²) in [6.45, 7) is 0. The molecule has 12 heavy (non-hydrogen) atoms. The second-order valence-corrected chi connectivity index (χ2v) is 3.09. The van der Waals surface area contributed by atoms with Crippen LogP contribution in [0.5, 0.6) is 0 Å². The average Bonchev–Trinajstić information content (AvgIpc) is 2.08. The highest BCUT2D eigenvalue weighted by Gasteiger charge is 2.26. The molecule has 0 saturated carbocycles. The summed E-state index contributed by atoms with van der Waals surface area (Å²) >= 11 is 3.04. The van der Waals surface area contributed by atoms with Crippen molar-refractivity contribution in [3.05, 3.63) is 11.8 Å². The fraction of sp³-hybridized carbons (Fsp3) is 0.286. The van der Waals surface area contributed by atoms with E-state index in [1.807, 2.05) is 0 Å². The molecule has 1 aliphatic heterocycles. The lowest BCUT2D eigenvalue weighted by Crippen LogP contribution is -2.25. The van der Waals surface area contributed by atoms with E-state index < -0.39 is 10.8 Å². The number of esters is 1. The van der Waals surface area contributed by atoms with E-state index in [1.165, 1.54) is 19.5 Å². The van der Waals surface area contributed by atoms with Crippen LogP contribution in [-0.2, 0) is 14.3 Å². The summed E-state index contributed by atoms with van der Waals surface area (Å²) in [6, 6.07) is 0. The summed E-state index contributed by atoms with van der Waals surface area (Å²) in [7, 11) is 1.22. The number of hydrogen-bond donors (Lipinski definition) is 0. The van der Waals surface area contributed by atoms with Gasteiger partial charge in [0, 0.05) is 12.4 Å². The Labute approximate surface area is 77.4 Å². The molecule has 0 fully saturated rings. The molecular weight excluding hydrogens is 226 g/mol. The van der Waals surface area contributed by atoms with Crippen molar-refractivity contribution >= 4 is 33.9 Å². The van der Waals surface area contributed by atoms with Crippen LogP contribution in [0.15, 0.2) is 16.8 Å². The number of Topliss-reactive ketones (excluding diaryl/α,β-unsaturated/α-hetero) is 1. The fourth-order valence-corrected chi connectivity index (χ4v) is 1.12. The maximum Gasteiger partial charge on any atom is 0.343 e. The Morgan fingerprint density at radius 2 is 2.42 bits per heavy atom. The van der Waals surface area contributed by atoms with Crippen LogP contribution in [0.3, 0.4) is 0 Å².